The van der Waals surface area contributed by atoms with E-state index in [4.69, 9.17) is 14.2 Å². The first-order valence-corrected chi connectivity index (χ1v) is 11.6. The Hall–Kier alpha value is -3.03. The van der Waals surface area contributed by atoms with Crippen molar-refractivity contribution in [1.29, 1.82) is 0 Å². The Morgan fingerprint density at radius 3 is 2.48 bits per heavy atom. The number of carbonyl (C=O) groups excluding carboxylic acids is 1. The van der Waals surface area contributed by atoms with Gasteiger partial charge in [-0.2, -0.15) is 0 Å². The Morgan fingerprint density at radius 2 is 1.82 bits per heavy atom. The molecule has 0 atom stereocenters. The van der Waals surface area contributed by atoms with E-state index in [1.807, 2.05) is 55.2 Å². The Labute approximate surface area is 196 Å². The minimum atomic E-state index is -0.115. The lowest BCUT2D eigenvalue weighted by Crippen LogP contribution is -2.36. The molecule has 1 aliphatic rings. The monoisotopic (exact) mass is 453 g/mol. The highest BCUT2D eigenvalue weighted by molar-refractivity contribution is 5.94. The van der Waals surface area contributed by atoms with Crippen LogP contribution in [0.4, 0.5) is 11.4 Å². The molecule has 2 aromatic carbocycles. The van der Waals surface area contributed by atoms with Crippen molar-refractivity contribution in [1.82, 2.24) is 4.90 Å². The van der Waals surface area contributed by atoms with Gasteiger partial charge in [0.1, 0.15) is 11.5 Å². The summed E-state index contributed by atoms with van der Waals surface area (Å²) in [5.41, 5.74) is 2.72. The molecule has 1 saturated heterocycles. The van der Waals surface area contributed by atoms with E-state index in [1.165, 1.54) is 0 Å². The predicted octanol–water partition coefficient (Wildman–Crippen LogP) is 3.95. The van der Waals surface area contributed by atoms with Gasteiger partial charge in [0.15, 0.2) is 0 Å². The van der Waals surface area contributed by atoms with Crippen molar-refractivity contribution >= 4 is 17.3 Å². The SMILES string of the molecule is C=CCN(CC(=O)Nc1cc(OCC)c(N2CCOCC2)cc1OCC)Cc1ccccc1. The molecule has 0 bridgehead atoms. The predicted molar refractivity (Wildman–Crippen MR) is 132 cm³/mol. The molecule has 0 spiro atoms. The van der Waals surface area contributed by atoms with Crippen LogP contribution in [-0.2, 0) is 16.1 Å². The first-order chi connectivity index (χ1) is 16.1. The number of rotatable bonds is 12. The number of morpholine rings is 1. The fourth-order valence-electron chi connectivity index (χ4n) is 3.85. The quantitative estimate of drug-likeness (QED) is 0.491. The van der Waals surface area contributed by atoms with E-state index in [1.54, 1.807) is 0 Å². The Bertz CT molecular complexity index is 898. The first-order valence-electron chi connectivity index (χ1n) is 11.6. The Kier molecular flexibility index (Phi) is 9.59. The summed E-state index contributed by atoms with van der Waals surface area (Å²) in [6.07, 6.45) is 1.81. The molecule has 1 N–H and O–H groups in total. The molecule has 1 heterocycles. The fourth-order valence-corrected chi connectivity index (χ4v) is 3.85. The van der Waals surface area contributed by atoms with Gasteiger partial charge in [0, 0.05) is 38.3 Å². The van der Waals surface area contributed by atoms with Gasteiger partial charge in [-0.1, -0.05) is 36.4 Å². The summed E-state index contributed by atoms with van der Waals surface area (Å²) in [4.78, 5) is 17.3. The zero-order chi connectivity index (χ0) is 23.5. The highest BCUT2D eigenvalue weighted by Gasteiger charge is 2.21. The number of anilines is 2. The third-order valence-electron chi connectivity index (χ3n) is 5.29. The smallest absolute Gasteiger partial charge is 0.238 e. The second-order valence-corrected chi connectivity index (χ2v) is 7.77. The number of benzene rings is 2. The summed E-state index contributed by atoms with van der Waals surface area (Å²) in [7, 11) is 0. The maximum absolute atomic E-state index is 13.0. The van der Waals surface area contributed by atoms with Crippen LogP contribution in [0.15, 0.2) is 55.1 Å². The fraction of sp³-hybridized carbons (Fsp3) is 0.423. The molecule has 3 rings (SSSR count). The number of nitrogens with zero attached hydrogens (tertiary/aromatic N) is 2. The van der Waals surface area contributed by atoms with Crippen LogP contribution in [0.2, 0.25) is 0 Å². The van der Waals surface area contributed by atoms with E-state index >= 15 is 0 Å². The molecule has 0 saturated carbocycles. The van der Waals surface area contributed by atoms with E-state index < -0.39 is 0 Å². The lowest BCUT2D eigenvalue weighted by Gasteiger charge is -2.31. The van der Waals surface area contributed by atoms with Gasteiger partial charge in [0.2, 0.25) is 5.91 Å². The molecule has 1 amide bonds. The average Bonchev–Trinajstić information content (AvgIpc) is 2.82. The summed E-state index contributed by atoms with van der Waals surface area (Å²) in [6, 6.07) is 13.9. The Balaban J connectivity index is 1.78. The third kappa shape index (κ3) is 7.23. The summed E-state index contributed by atoms with van der Waals surface area (Å²) in [5.74, 6) is 1.25. The highest BCUT2D eigenvalue weighted by atomic mass is 16.5. The molecule has 33 heavy (non-hydrogen) atoms. The van der Waals surface area contributed by atoms with Crippen molar-refractivity contribution in [3.63, 3.8) is 0 Å². The van der Waals surface area contributed by atoms with Crippen LogP contribution in [0.3, 0.4) is 0 Å². The van der Waals surface area contributed by atoms with Crippen molar-refractivity contribution in [3.8, 4) is 11.5 Å². The van der Waals surface area contributed by atoms with Crippen LogP contribution in [0.5, 0.6) is 11.5 Å². The zero-order valence-corrected chi connectivity index (χ0v) is 19.7. The maximum atomic E-state index is 13.0. The minimum Gasteiger partial charge on any atom is -0.492 e. The van der Waals surface area contributed by atoms with Crippen molar-refractivity contribution in [2.45, 2.75) is 20.4 Å². The van der Waals surface area contributed by atoms with E-state index in [2.05, 4.69) is 28.9 Å². The van der Waals surface area contributed by atoms with Crippen LogP contribution in [-0.4, -0.2) is 63.4 Å². The molecule has 178 valence electrons. The van der Waals surface area contributed by atoms with Crippen LogP contribution in [0, 0.1) is 0 Å². The van der Waals surface area contributed by atoms with Crippen LogP contribution >= 0.6 is 0 Å². The van der Waals surface area contributed by atoms with Gasteiger partial charge in [-0.25, -0.2) is 0 Å². The number of ether oxygens (including phenoxy) is 3. The molecule has 0 radical (unpaired) electrons. The van der Waals surface area contributed by atoms with Crippen LogP contribution < -0.4 is 19.7 Å². The topological polar surface area (TPSA) is 63.3 Å². The third-order valence-corrected chi connectivity index (χ3v) is 5.29. The van der Waals surface area contributed by atoms with Crippen molar-refractivity contribution in [3.05, 3.63) is 60.7 Å². The van der Waals surface area contributed by atoms with Gasteiger partial charge in [-0.3, -0.25) is 9.69 Å². The summed E-state index contributed by atoms with van der Waals surface area (Å²) < 4.78 is 17.3. The number of nitrogens with one attached hydrogen (secondary N) is 1. The molecular weight excluding hydrogens is 418 g/mol. The maximum Gasteiger partial charge on any atom is 0.238 e. The molecule has 0 aromatic heterocycles. The second kappa shape index (κ2) is 12.9. The van der Waals surface area contributed by atoms with E-state index in [0.717, 1.165) is 30.1 Å². The second-order valence-electron chi connectivity index (χ2n) is 7.77. The standard InChI is InChI=1S/C26H35N3O4/c1-4-12-28(19-21-10-8-7-9-11-21)20-26(30)27-22-17-25(33-6-3)23(18-24(22)32-5-2)29-13-15-31-16-14-29/h4,7-11,17-18H,1,5-6,12-16,19-20H2,2-3H3,(H,27,30). The van der Waals surface area contributed by atoms with Crippen molar-refractivity contribution in [2.75, 3.05) is 62.8 Å². The molecule has 2 aromatic rings. The number of hydrogen-bond acceptors (Lipinski definition) is 6. The summed E-state index contributed by atoms with van der Waals surface area (Å²) in [6.45, 7) is 13.2. The van der Waals surface area contributed by atoms with E-state index in [-0.39, 0.29) is 12.5 Å². The number of amides is 1. The zero-order valence-electron chi connectivity index (χ0n) is 19.7. The number of hydrogen-bond donors (Lipinski definition) is 1. The Morgan fingerprint density at radius 1 is 1.12 bits per heavy atom. The van der Waals surface area contributed by atoms with Gasteiger partial charge in [0.05, 0.1) is 44.3 Å². The highest BCUT2D eigenvalue weighted by Crippen LogP contribution is 2.39. The lowest BCUT2D eigenvalue weighted by atomic mass is 10.2. The molecule has 0 aliphatic carbocycles. The van der Waals surface area contributed by atoms with Crippen LogP contribution in [0.1, 0.15) is 19.4 Å². The lowest BCUT2D eigenvalue weighted by molar-refractivity contribution is -0.117. The van der Waals surface area contributed by atoms with Gasteiger partial charge in [-0.05, 0) is 19.4 Å². The normalized spacial score (nSPS) is 13.6. The minimum absolute atomic E-state index is 0.115. The molecule has 7 heteroatoms. The molecular formula is C26H35N3O4. The largest absolute Gasteiger partial charge is 0.492 e. The van der Waals surface area contributed by atoms with Gasteiger partial charge >= 0.3 is 0 Å². The van der Waals surface area contributed by atoms with Crippen molar-refractivity contribution in [2.24, 2.45) is 0 Å². The average molecular weight is 454 g/mol. The van der Waals surface area contributed by atoms with Crippen LogP contribution in [0.25, 0.3) is 0 Å². The van der Waals surface area contributed by atoms with Crippen molar-refractivity contribution < 1.29 is 19.0 Å². The van der Waals surface area contributed by atoms with Gasteiger partial charge in [0.25, 0.3) is 0 Å². The molecule has 7 nitrogen and oxygen atoms in total. The van der Waals surface area contributed by atoms with E-state index in [9.17, 15) is 4.79 Å². The van der Waals surface area contributed by atoms with Gasteiger partial charge in [-0.15, -0.1) is 6.58 Å². The molecule has 1 aliphatic heterocycles. The first kappa shape index (κ1) is 24.6. The summed E-state index contributed by atoms with van der Waals surface area (Å²) in [5, 5.41) is 3.04. The van der Waals surface area contributed by atoms with Gasteiger partial charge < -0.3 is 24.4 Å². The molecule has 0 unspecified atom stereocenters. The molecule has 1 fully saturated rings. The van der Waals surface area contributed by atoms with E-state index in [0.29, 0.717) is 51.0 Å². The summed E-state index contributed by atoms with van der Waals surface area (Å²) >= 11 is 0. The number of carbonyl (C=O) groups is 1.